The molecular weight excluding hydrogens is 276 g/mol. The quantitative estimate of drug-likeness (QED) is 0.338. The van der Waals surface area contributed by atoms with Gasteiger partial charge in [-0.25, -0.2) is 4.98 Å². The zero-order valence-corrected chi connectivity index (χ0v) is 12.1. The summed E-state index contributed by atoms with van der Waals surface area (Å²) in [5.41, 5.74) is 5.09. The molecule has 1 rings (SSSR count). The number of thioether (sulfide) groups is 1. The molecule has 0 atom stereocenters. The molecule has 1 aromatic rings. The lowest BCUT2D eigenvalue weighted by Gasteiger charge is -2.20. The summed E-state index contributed by atoms with van der Waals surface area (Å²) >= 11 is 10.6. The van der Waals surface area contributed by atoms with Crippen LogP contribution in [0.2, 0.25) is 0 Å². The van der Waals surface area contributed by atoms with Gasteiger partial charge < -0.3 is 10.6 Å². The van der Waals surface area contributed by atoms with E-state index in [-0.39, 0.29) is 11.5 Å². The lowest BCUT2D eigenvalue weighted by Crippen LogP contribution is -2.27. The van der Waals surface area contributed by atoms with Crippen molar-refractivity contribution in [2.45, 2.75) is 23.8 Å². The van der Waals surface area contributed by atoms with Crippen molar-refractivity contribution >= 4 is 46.9 Å². The number of nitrogens with zero attached hydrogens (tertiary/aromatic N) is 2. The zero-order valence-electron chi connectivity index (χ0n) is 9.56. The molecule has 0 spiro atoms. The van der Waals surface area contributed by atoms with E-state index in [2.05, 4.69) is 22.6 Å². The standard InChI is InChI=1S/C9H14N4OS3/c1-3-13(4-2)9(16)17-5-6(14)11-8(10)12-7(5)15/h3-4H2,1-2H3,(H4,10,11,12,14,15). The van der Waals surface area contributed by atoms with Gasteiger partial charge in [0.05, 0.1) is 0 Å². The number of nitrogens with one attached hydrogen (secondary N) is 1. The number of H-pyrrole nitrogens is 1. The molecule has 8 heteroatoms. The number of thiocarbonyl (C=S) groups is 1. The van der Waals surface area contributed by atoms with E-state index < -0.39 is 0 Å². The van der Waals surface area contributed by atoms with Crippen molar-refractivity contribution in [1.82, 2.24) is 14.9 Å². The minimum atomic E-state index is -0.318. The van der Waals surface area contributed by atoms with Crippen LogP contribution in [-0.2, 0) is 0 Å². The van der Waals surface area contributed by atoms with Gasteiger partial charge in [0, 0.05) is 13.1 Å². The third kappa shape index (κ3) is 3.62. The van der Waals surface area contributed by atoms with Crippen LogP contribution < -0.4 is 11.3 Å². The smallest absolute Gasteiger partial charge is 0.267 e. The Balaban J connectivity index is 2.96. The van der Waals surface area contributed by atoms with Crippen molar-refractivity contribution in [2.24, 2.45) is 0 Å². The first-order chi connectivity index (χ1) is 7.99. The Labute approximate surface area is 115 Å². The second kappa shape index (κ2) is 6.27. The fraction of sp³-hybridized carbons (Fsp3) is 0.444. The number of anilines is 1. The lowest BCUT2D eigenvalue weighted by molar-refractivity contribution is 0.482. The predicted molar refractivity (Wildman–Crippen MR) is 77.9 cm³/mol. The third-order valence-electron chi connectivity index (χ3n) is 2.09. The minimum Gasteiger partial charge on any atom is -0.369 e. The molecule has 1 aromatic heterocycles. The van der Waals surface area contributed by atoms with E-state index in [1.807, 2.05) is 18.7 Å². The van der Waals surface area contributed by atoms with Crippen molar-refractivity contribution < 1.29 is 0 Å². The van der Waals surface area contributed by atoms with Crippen LogP contribution in [0.1, 0.15) is 13.8 Å². The van der Waals surface area contributed by atoms with Crippen LogP contribution >= 0.6 is 36.6 Å². The van der Waals surface area contributed by atoms with Crippen molar-refractivity contribution in [3.05, 3.63) is 10.4 Å². The maximum Gasteiger partial charge on any atom is 0.267 e. The normalized spacial score (nSPS) is 10.3. The molecule has 0 saturated carbocycles. The largest absolute Gasteiger partial charge is 0.369 e. The minimum absolute atomic E-state index is 0.0538. The Morgan fingerprint density at radius 2 is 2.18 bits per heavy atom. The molecule has 0 radical (unpaired) electrons. The maximum absolute atomic E-state index is 11.7. The molecule has 0 aliphatic rings. The molecule has 0 aliphatic carbocycles. The highest BCUT2D eigenvalue weighted by atomic mass is 32.2. The SMILES string of the molecule is CCN(CC)C(=S)Sc1c(S)nc(N)[nH]c1=O. The first kappa shape index (κ1) is 14.3. The van der Waals surface area contributed by atoms with Crippen LogP contribution in [-0.4, -0.2) is 32.3 Å². The second-order valence-corrected chi connectivity index (χ2v) is 5.21. The van der Waals surface area contributed by atoms with E-state index in [9.17, 15) is 4.79 Å². The topological polar surface area (TPSA) is 75.0 Å². The molecule has 0 saturated heterocycles. The molecule has 3 N–H and O–H groups in total. The first-order valence-electron chi connectivity index (χ1n) is 5.05. The number of nitrogens with two attached hydrogens (primary N) is 1. The molecular formula is C9H14N4OS3. The Kier molecular flexibility index (Phi) is 5.29. The molecule has 0 bridgehead atoms. The van der Waals surface area contributed by atoms with E-state index >= 15 is 0 Å². The number of thiol groups is 1. The second-order valence-electron chi connectivity index (χ2n) is 3.14. The van der Waals surface area contributed by atoms with Crippen LogP contribution in [0.5, 0.6) is 0 Å². The zero-order chi connectivity index (χ0) is 13.0. The molecule has 17 heavy (non-hydrogen) atoms. The van der Waals surface area contributed by atoms with E-state index in [4.69, 9.17) is 18.0 Å². The van der Waals surface area contributed by atoms with Crippen molar-refractivity contribution in [2.75, 3.05) is 18.8 Å². The first-order valence-corrected chi connectivity index (χ1v) is 6.72. The number of hydrogen-bond donors (Lipinski definition) is 3. The summed E-state index contributed by atoms with van der Waals surface area (Å²) in [4.78, 5) is 20.3. The molecule has 0 unspecified atom stereocenters. The molecule has 0 fully saturated rings. The van der Waals surface area contributed by atoms with Gasteiger partial charge in [0.1, 0.15) is 14.2 Å². The Bertz CT molecular complexity index is 470. The Hall–Kier alpha value is -0.730. The maximum atomic E-state index is 11.7. The van der Waals surface area contributed by atoms with Crippen LogP contribution in [0, 0.1) is 0 Å². The number of rotatable bonds is 3. The summed E-state index contributed by atoms with van der Waals surface area (Å²) in [6.45, 7) is 5.60. The van der Waals surface area contributed by atoms with E-state index in [0.717, 1.165) is 13.1 Å². The molecule has 94 valence electrons. The molecule has 1 heterocycles. The summed E-state index contributed by atoms with van der Waals surface area (Å²) in [5.74, 6) is 0.0538. The van der Waals surface area contributed by atoms with Gasteiger partial charge in [0.2, 0.25) is 5.95 Å². The third-order valence-corrected chi connectivity index (χ3v) is 4.09. The van der Waals surface area contributed by atoms with Gasteiger partial charge in [-0.3, -0.25) is 9.78 Å². The van der Waals surface area contributed by atoms with E-state index in [1.54, 1.807) is 0 Å². The summed E-state index contributed by atoms with van der Waals surface area (Å²) < 4.78 is 0.627. The summed E-state index contributed by atoms with van der Waals surface area (Å²) in [7, 11) is 0. The monoisotopic (exact) mass is 290 g/mol. The summed E-state index contributed by atoms with van der Waals surface area (Å²) in [5, 5.41) is 0.297. The molecule has 5 nitrogen and oxygen atoms in total. The van der Waals surface area contributed by atoms with Gasteiger partial charge in [-0.15, -0.1) is 12.6 Å². The fourth-order valence-electron chi connectivity index (χ4n) is 1.19. The number of hydrogen-bond acceptors (Lipinski definition) is 6. The molecule has 0 aromatic carbocycles. The van der Waals surface area contributed by atoms with Gasteiger partial charge in [-0.2, -0.15) is 0 Å². The Morgan fingerprint density at radius 3 is 2.65 bits per heavy atom. The number of aromatic nitrogens is 2. The average Bonchev–Trinajstić information content (AvgIpc) is 2.25. The lowest BCUT2D eigenvalue weighted by atomic mass is 10.6. The average molecular weight is 290 g/mol. The summed E-state index contributed by atoms with van der Waals surface area (Å²) in [6.07, 6.45) is 0. The van der Waals surface area contributed by atoms with Crippen LogP contribution in [0.3, 0.4) is 0 Å². The van der Waals surface area contributed by atoms with Gasteiger partial charge in [-0.05, 0) is 13.8 Å². The van der Waals surface area contributed by atoms with Crippen molar-refractivity contribution in [1.29, 1.82) is 0 Å². The predicted octanol–water partition coefficient (Wildman–Crippen LogP) is 1.36. The van der Waals surface area contributed by atoms with Crippen LogP contribution in [0.25, 0.3) is 0 Å². The summed E-state index contributed by atoms with van der Waals surface area (Å²) in [6, 6.07) is 0. The van der Waals surface area contributed by atoms with Gasteiger partial charge >= 0.3 is 0 Å². The highest BCUT2D eigenvalue weighted by molar-refractivity contribution is 8.23. The molecule has 0 amide bonds. The van der Waals surface area contributed by atoms with Gasteiger partial charge in [0.25, 0.3) is 5.56 Å². The Morgan fingerprint density at radius 1 is 1.59 bits per heavy atom. The van der Waals surface area contributed by atoms with E-state index in [1.165, 1.54) is 11.8 Å². The van der Waals surface area contributed by atoms with Crippen LogP contribution in [0.15, 0.2) is 14.7 Å². The van der Waals surface area contributed by atoms with Crippen molar-refractivity contribution in [3.8, 4) is 0 Å². The number of aromatic amines is 1. The van der Waals surface area contributed by atoms with Gasteiger partial charge in [0.15, 0.2) is 0 Å². The highest BCUT2D eigenvalue weighted by Gasteiger charge is 2.14. The fourth-order valence-corrected chi connectivity index (χ4v) is 2.89. The molecule has 0 aliphatic heterocycles. The van der Waals surface area contributed by atoms with Crippen molar-refractivity contribution in [3.63, 3.8) is 0 Å². The van der Waals surface area contributed by atoms with E-state index in [0.29, 0.717) is 14.2 Å². The van der Waals surface area contributed by atoms with Crippen LogP contribution in [0.4, 0.5) is 5.95 Å². The highest BCUT2D eigenvalue weighted by Crippen LogP contribution is 2.23. The van der Waals surface area contributed by atoms with Gasteiger partial charge in [-0.1, -0.05) is 24.0 Å². The number of nitrogen functional groups attached to an aromatic ring is 1.